The largest absolute Gasteiger partial charge is 0.756 e. The van der Waals surface area contributed by atoms with Crippen LogP contribution in [0.25, 0.3) is 0 Å². The summed E-state index contributed by atoms with van der Waals surface area (Å²) in [6, 6.07) is 0. The van der Waals surface area contributed by atoms with Crippen molar-refractivity contribution in [3.8, 4) is 0 Å². The van der Waals surface area contributed by atoms with E-state index in [0.29, 0.717) is 24.1 Å². The molecule has 0 rings (SSSR count). The SMILES string of the molecule is CCCCCCC/C=C\C/C=C\CCCCCCCCCCCCCCOCC(COP(=O)([O-])OCC[N+](C)(C)C)OC(=O)CCCCCCCCCCCCCCCCCCCCCCCCC. The summed E-state index contributed by atoms with van der Waals surface area (Å²) < 4.78 is 34.9. The Morgan fingerprint density at radius 1 is 0.449 bits per heavy atom. The van der Waals surface area contributed by atoms with Crippen LogP contribution in [0.4, 0.5) is 0 Å². The van der Waals surface area contributed by atoms with Crippen molar-refractivity contribution >= 4 is 13.8 Å². The van der Waals surface area contributed by atoms with Gasteiger partial charge in [-0.3, -0.25) is 9.36 Å². The number of rotatable bonds is 57. The molecule has 0 radical (unpaired) electrons. The summed E-state index contributed by atoms with van der Waals surface area (Å²) in [6.45, 7) is 5.47. The lowest BCUT2D eigenvalue weighted by Gasteiger charge is -2.28. The molecule has 0 amide bonds. The van der Waals surface area contributed by atoms with E-state index in [9.17, 15) is 14.3 Å². The molecule has 0 aromatic carbocycles. The summed E-state index contributed by atoms with van der Waals surface area (Å²) in [7, 11) is 1.37. The second-order valence-electron chi connectivity index (χ2n) is 21.7. The topological polar surface area (TPSA) is 94.1 Å². The van der Waals surface area contributed by atoms with Gasteiger partial charge in [0, 0.05) is 13.0 Å². The Balaban J connectivity index is 4.02. The molecular weight excluding hydrogens is 878 g/mol. The summed E-state index contributed by atoms with van der Waals surface area (Å²) in [4.78, 5) is 25.3. The molecule has 0 spiro atoms. The molecular formula is C60H118NO7P. The lowest BCUT2D eigenvalue weighted by molar-refractivity contribution is -0.870. The zero-order valence-electron chi connectivity index (χ0n) is 46.8. The number of hydrogen-bond donors (Lipinski definition) is 0. The highest BCUT2D eigenvalue weighted by Gasteiger charge is 2.20. The molecule has 2 unspecified atom stereocenters. The van der Waals surface area contributed by atoms with Crippen LogP contribution >= 0.6 is 7.82 Å². The monoisotopic (exact) mass is 996 g/mol. The summed E-state index contributed by atoms with van der Waals surface area (Å²) in [6.07, 6.45) is 65.1. The fraction of sp³-hybridized carbons (Fsp3) is 0.917. The zero-order chi connectivity index (χ0) is 50.5. The Bertz CT molecular complexity index is 1160. The Hall–Kier alpha value is -1.02. The molecule has 8 nitrogen and oxygen atoms in total. The number of carbonyl (C=O) groups excluding carboxylic acids is 1. The van der Waals surface area contributed by atoms with Crippen LogP contribution in [0.2, 0.25) is 0 Å². The number of ether oxygens (including phenoxy) is 2. The van der Waals surface area contributed by atoms with Gasteiger partial charge in [-0.15, -0.1) is 0 Å². The van der Waals surface area contributed by atoms with Crippen LogP contribution in [-0.4, -0.2) is 70.7 Å². The second-order valence-corrected chi connectivity index (χ2v) is 23.1. The van der Waals surface area contributed by atoms with Crippen molar-refractivity contribution in [2.24, 2.45) is 0 Å². The molecule has 410 valence electrons. The average Bonchev–Trinajstić information content (AvgIpc) is 3.31. The number of phosphoric ester groups is 1. The molecule has 0 aliphatic carbocycles. The van der Waals surface area contributed by atoms with Crippen molar-refractivity contribution in [3.05, 3.63) is 24.3 Å². The molecule has 0 fully saturated rings. The molecule has 0 aliphatic rings. The van der Waals surface area contributed by atoms with Crippen LogP contribution < -0.4 is 4.89 Å². The summed E-state index contributed by atoms with van der Waals surface area (Å²) >= 11 is 0. The van der Waals surface area contributed by atoms with Crippen LogP contribution in [0.5, 0.6) is 0 Å². The number of esters is 1. The first-order chi connectivity index (χ1) is 33.6. The van der Waals surface area contributed by atoms with E-state index in [0.717, 1.165) is 38.5 Å². The van der Waals surface area contributed by atoms with Gasteiger partial charge in [0.1, 0.15) is 19.3 Å². The van der Waals surface area contributed by atoms with Crippen molar-refractivity contribution in [1.82, 2.24) is 0 Å². The van der Waals surface area contributed by atoms with E-state index in [4.69, 9.17) is 18.5 Å². The molecule has 0 saturated heterocycles. The minimum absolute atomic E-state index is 0.0288. The third kappa shape index (κ3) is 57.8. The normalized spacial score (nSPS) is 13.5. The molecule has 69 heavy (non-hydrogen) atoms. The third-order valence-electron chi connectivity index (χ3n) is 13.5. The van der Waals surface area contributed by atoms with Gasteiger partial charge in [0.25, 0.3) is 7.82 Å². The fourth-order valence-corrected chi connectivity index (χ4v) is 9.60. The molecule has 0 aliphatic heterocycles. The Morgan fingerprint density at radius 3 is 1.17 bits per heavy atom. The second kappa shape index (κ2) is 53.3. The highest BCUT2D eigenvalue weighted by Crippen LogP contribution is 2.38. The van der Waals surface area contributed by atoms with Gasteiger partial charge < -0.3 is 27.9 Å². The van der Waals surface area contributed by atoms with Crippen molar-refractivity contribution < 1.29 is 37.3 Å². The quantitative estimate of drug-likeness (QED) is 0.0197. The van der Waals surface area contributed by atoms with E-state index in [1.807, 2.05) is 21.1 Å². The minimum atomic E-state index is -4.53. The van der Waals surface area contributed by atoms with Crippen molar-refractivity contribution in [2.45, 2.75) is 302 Å². The predicted molar refractivity (Wildman–Crippen MR) is 296 cm³/mol. The van der Waals surface area contributed by atoms with Crippen molar-refractivity contribution in [2.75, 3.05) is 54.1 Å². The number of nitrogens with zero attached hydrogens (tertiary/aromatic N) is 1. The highest BCUT2D eigenvalue weighted by molar-refractivity contribution is 7.45. The lowest BCUT2D eigenvalue weighted by Crippen LogP contribution is -2.37. The first kappa shape index (κ1) is 68.0. The van der Waals surface area contributed by atoms with E-state index in [-0.39, 0.29) is 25.8 Å². The smallest absolute Gasteiger partial charge is 0.306 e. The average molecular weight is 997 g/mol. The standard InChI is InChI=1S/C60H118NO7P/c1-6-8-10-12-14-16-18-20-22-24-26-28-30-32-34-36-38-40-42-44-46-48-50-52-55-65-57-59(58-67-69(63,64)66-56-54-61(3,4)5)68-60(62)53-51-49-47-45-43-41-39-37-35-33-31-29-27-25-23-21-19-17-15-13-11-9-7-2/h18,20,24,26,59H,6-17,19,21-23,25,27-58H2,1-5H3/b20-18-,26-24-. The van der Waals surface area contributed by atoms with Gasteiger partial charge in [0.2, 0.25) is 0 Å². The van der Waals surface area contributed by atoms with E-state index in [1.54, 1.807) is 0 Å². The van der Waals surface area contributed by atoms with Gasteiger partial charge in [0.15, 0.2) is 0 Å². The molecule has 0 saturated carbocycles. The van der Waals surface area contributed by atoms with Gasteiger partial charge >= 0.3 is 5.97 Å². The number of likely N-dealkylation sites (N-methyl/N-ethyl adjacent to an activating group) is 1. The summed E-state index contributed by atoms with van der Waals surface area (Å²) in [5.74, 6) is -0.326. The molecule has 0 bridgehead atoms. The Morgan fingerprint density at radius 2 is 0.797 bits per heavy atom. The third-order valence-corrected chi connectivity index (χ3v) is 14.5. The number of unbranched alkanes of at least 4 members (excludes halogenated alkanes) is 39. The van der Waals surface area contributed by atoms with Gasteiger partial charge in [0.05, 0.1) is 34.4 Å². The maximum absolute atomic E-state index is 12.8. The fourth-order valence-electron chi connectivity index (χ4n) is 8.88. The van der Waals surface area contributed by atoms with Gasteiger partial charge in [-0.05, 0) is 44.9 Å². The molecule has 0 aromatic rings. The number of allylic oxidation sites excluding steroid dienone is 4. The number of quaternary nitrogens is 1. The maximum atomic E-state index is 12.8. The van der Waals surface area contributed by atoms with E-state index in [1.165, 1.54) is 238 Å². The number of hydrogen-bond acceptors (Lipinski definition) is 7. The molecule has 9 heteroatoms. The van der Waals surface area contributed by atoms with Crippen LogP contribution in [0, 0.1) is 0 Å². The van der Waals surface area contributed by atoms with Gasteiger partial charge in [-0.1, -0.05) is 269 Å². The van der Waals surface area contributed by atoms with Gasteiger partial charge in [-0.2, -0.15) is 0 Å². The highest BCUT2D eigenvalue weighted by atomic mass is 31.2. The van der Waals surface area contributed by atoms with E-state index < -0.39 is 13.9 Å². The van der Waals surface area contributed by atoms with Crippen LogP contribution in [0.1, 0.15) is 296 Å². The first-order valence-electron chi connectivity index (χ1n) is 30.1. The Labute approximate surface area is 430 Å². The molecule has 0 aromatic heterocycles. The predicted octanol–water partition coefficient (Wildman–Crippen LogP) is 18.4. The lowest BCUT2D eigenvalue weighted by atomic mass is 10.0. The first-order valence-corrected chi connectivity index (χ1v) is 31.5. The van der Waals surface area contributed by atoms with Gasteiger partial charge in [-0.25, -0.2) is 0 Å². The maximum Gasteiger partial charge on any atom is 0.306 e. The summed E-state index contributed by atoms with van der Waals surface area (Å²) in [5.41, 5.74) is 0. The van der Waals surface area contributed by atoms with E-state index in [2.05, 4.69) is 38.2 Å². The minimum Gasteiger partial charge on any atom is -0.756 e. The van der Waals surface area contributed by atoms with Crippen LogP contribution in [0.3, 0.4) is 0 Å². The molecule has 0 N–H and O–H groups in total. The number of carbonyl (C=O) groups is 1. The Kier molecular flexibility index (Phi) is 52.5. The van der Waals surface area contributed by atoms with Crippen molar-refractivity contribution in [3.63, 3.8) is 0 Å². The molecule has 2 atom stereocenters. The van der Waals surface area contributed by atoms with Crippen LogP contribution in [0.15, 0.2) is 24.3 Å². The zero-order valence-corrected chi connectivity index (χ0v) is 47.7. The van der Waals surface area contributed by atoms with Crippen LogP contribution in [-0.2, 0) is 27.9 Å². The summed E-state index contributed by atoms with van der Waals surface area (Å²) in [5, 5.41) is 0. The number of phosphoric acid groups is 1. The van der Waals surface area contributed by atoms with Crippen molar-refractivity contribution in [1.29, 1.82) is 0 Å². The molecule has 0 heterocycles. The van der Waals surface area contributed by atoms with E-state index >= 15 is 0 Å².